The summed E-state index contributed by atoms with van der Waals surface area (Å²) in [4.78, 5) is 26.1. The molecule has 1 saturated carbocycles. The number of nitro groups is 1. The number of thioether (sulfide) groups is 1. The third kappa shape index (κ3) is 4.34. The van der Waals surface area contributed by atoms with Crippen molar-refractivity contribution in [2.24, 2.45) is 0 Å². The summed E-state index contributed by atoms with van der Waals surface area (Å²) in [5.41, 5.74) is 1.38. The molecule has 2 aromatic rings. The van der Waals surface area contributed by atoms with Gasteiger partial charge in [-0.05, 0) is 24.5 Å². The second kappa shape index (κ2) is 9.14. The van der Waals surface area contributed by atoms with Gasteiger partial charge in [-0.25, -0.2) is 0 Å². The van der Waals surface area contributed by atoms with E-state index in [1.807, 2.05) is 0 Å². The van der Waals surface area contributed by atoms with E-state index in [2.05, 4.69) is 0 Å². The molecule has 0 bridgehead atoms. The van der Waals surface area contributed by atoms with Gasteiger partial charge in [0.2, 0.25) is 0 Å². The molecule has 2 fully saturated rings. The van der Waals surface area contributed by atoms with Crippen molar-refractivity contribution in [3.63, 3.8) is 0 Å². The molecule has 0 spiro atoms. The van der Waals surface area contributed by atoms with Gasteiger partial charge in [0.1, 0.15) is 10.1 Å². The number of hydrogen-bond acceptors (Lipinski definition) is 6. The van der Waals surface area contributed by atoms with E-state index in [-0.39, 0.29) is 17.6 Å². The van der Waals surface area contributed by atoms with Gasteiger partial charge in [0.25, 0.3) is 11.6 Å². The molecule has 0 radical (unpaired) electrons. The first kappa shape index (κ1) is 20.8. The van der Waals surface area contributed by atoms with Gasteiger partial charge in [-0.15, -0.1) is 0 Å². The number of carbonyl (C=O) groups is 1. The fourth-order valence-electron chi connectivity index (χ4n) is 4.06. The summed E-state index contributed by atoms with van der Waals surface area (Å²) in [6, 6.07) is 8.29. The Hall–Kier alpha value is -2.45. The Kier molecular flexibility index (Phi) is 6.34. The summed E-state index contributed by atoms with van der Waals surface area (Å²) in [5.74, 6) is 0.422. The molecule has 0 atom stereocenters. The summed E-state index contributed by atoms with van der Waals surface area (Å²) >= 11 is 6.84. The first-order valence-corrected chi connectivity index (χ1v) is 11.4. The normalized spacial score (nSPS) is 19.9. The molecule has 8 heteroatoms. The Morgan fingerprint density at radius 1 is 1.17 bits per heavy atom. The zero-order chi connectivity index (χ0) is 21.1. The van der Waals surface area contributed by atoms with Crippen LogP contribution in [0.25, 0.3) is 17.2 Å². The number of nitrogens with zero attached hydrogens (tertiary/aromatic N) is 2. The predicted molar refractivity (Wildman–Crippen MR) is 122 cm³/mol. The molecule has 1 saturated heterocycles. The number of amides is 1. The van der Waals surface area contributed by atoms with Crippen LogP contribution in [0.4, 0.5) is 5.69 Å². The summed E-state index contributed by atoms with van der Waals surface area (Å²) in [5, 5.41) is 11.1. The highest BCUT2D eigenvalue weighted by Crippen LogP contribution is 2.38. The number of furan rings is 1. The lowest BCUT2D eigenvalue weighted by atomic mass is 9.96. The number of rotatable bonds is 4. The maximum Gasteiger partial charge on any atom is 0.270 e. The number of benzene rings is 1. The third-order valence-electron chi connectivity index (χ3n) is 5.59. The monoisotopic (exact) mass is 442 g/mol. The van der Waals surface area contributed by atoms with Crippen LogP contribution in [0.1, 0.15) is 50.7 Å². The van der Waals surface area contributed by atoms with Crippen molar-refractivity contribution < 1.29 is 14.1 Å². The van der Waals surface area contributed by atoms with Crippen LogP contribution >= 0.6 is 24.0 Å². The zero-order valence-corrected chi connectivity index (χ0v) is 18.0. The largest absolute Gasteiger partial charge is 0.464 e. The summed E-state index contributed by atoms with van der Waals surface area (Å²) < 4.78 is 6.21. The van der Waals surface area contributed by atoms with E-state index in [4.69, 9.17) is 16.6 Å². The number of hydrogen-bond donors (Lipinski definition) is 0. The maximum absolute atomic E-state index is 13.1. The van der Waals surface area contributed by atoms with Gasteiger partial charge < -0.3 is 4.42 Å². The van der Waals surface area contributed by atoms with Crippen LogP contribution in [-0.2, 0) is 4.79 Å². The molecular formula is C22H22N2O4S2. The average molecular weight is 443 g/mol. The molecule has 156 valence electrons. The van der Waals surface area contributed by atoms with E-state index >= 15 is 0 Å². The van der Waals surface area contributed by atoms with Crippen LogP contribution in [-0.4, -0.2) is 26.1 Å². The Labute approximate surface area is 184 Å². The van der Waals surface area contributed by atoms with Crippen molar-refractivity contribution in [3.8, 4) is 11.1 Å². The van der Waals surface area contributed by atoms with Crippen molar-refractivity contribution in [1.82, 2.24) is 4.90 Å². The second-order valence-corrected chi connectivity index (χ2v) is 9.23. The Balaban J connectivity index is 1.60. The molecule has 0 unspecified atom stereocenters. The van der Waals surface area contributed by atoms with Gasteiger partial charge in [-0.2, -0.15) is 0 Å². The fourth-order valence-corrected chi connectivity index (χ4v) is 5.44. The molecule has 6 nitrogen and oxygen atoms in total. The molecule has 1 aromatic carbocycles. The van der Waals surface area contributed by atoms with Crippen molar-refractivity contribution in [2.45, 2.75) is 51.0 Å². The van der Waals surface area contributed by atoms with Crippen molar-refractivity contribution >= 4 is 46.0 Å². The molecule has 4 rings (SSSR count). The number of carbonyl (C=O) groups excluding carboxylic acids is 1. The topological polar surface area (TPSA) is 76.6 Å². The molecule has 2 heterocycles. The quantitative estimate of drug-likeness (QED) is 0.244. The van der Waals surface area contributed by atoms with E-state index in [1.165, 1.54) is 49.4 Å². The second-order valence-electron chi connectivity index (χ2n) is 7.56. The SMILES string of the molecule is O=C1C(=Cc2occc2-c2cccc([N+](=O)[O-])c2)SC(=S)N1C1CCCCCCC1. The summed E-state index contributed by atoms with van der Waals surface area (Å²) in [6.45, 7) is 0. The smallest absolute Gasteiger partial charge is 0.270 e. The predicted octanol–water partition coefficient (Wildman–Crippen LogP) is 6.17. The van der Waals surface area contributed by atoms with Crippen LogP contribution in [0.5, 0.6) is 0 Å². The molecule has 30 heavy (non-hydrogen) atoms. The average Bonchev–Trinajstić information content (AvgIpc) is 3.27. The fraction of sp³-hybridized carbons (Fsp3) is 0.364. The molecule has 2 aliphatic rings. The minimum Gasteiger partial charge on any atom is -0.464 e. The molecular weight excluding hydrogens is 420 g/mol. The number of thiocarbonyl (C=S) groups is 1. The minimum atomic E-state index is -0.427. The van der Waals surface area contributed by atoms with Crippen LogP contribution in [0.3, 0.4) is 0 Å². The van der Waals surface area contributed by atoms with Crippen LogP contribution in [0.15, 0.2) is 45.9 Å². The van der Waals surface area contributed by atoms with Crippen molar-refractivity contribution in [2.75, 3.05) is 0 Å². The van der Waals surface area contributed by atoms with Gasteiger partial charge in [0.05, 0.1) is 16.1 Å². The molecule has 1 aliphatic heterocycles. The lowest BCUT2D eigenvalue weighted by molar-refractivity contribution is -0.384. The van der Waals surface area contributed by atoms with Crippen molar-refractivity contribution in [1.29, 1.82) is 0 Å². The minimum absolute atomic E-state index is 0.00950. The van der Waals surface area contributed by atoms with Crippen LogP contribution in [0, 0.1) is 10.1 Å². The van der Waals surface area contributed by atoms with Gasteiger partial charge >= 0.3 is 0 Å². The number of nitro benzene ring substituents is 1. The van der Waals surface area contributed by atoms with Crippen molar-refractivity contribution in [3.05, 3.63) is 57.4 Å². The van der Waals surface area contributed by atoms with E-state index in [1.54, 1.807) is 29.2 Å². The lowest BCUT2D eigenvalue weighted by Gasteiger charge is -2.28. The Morgan fingerprint density at radius 3 is 2.63 bits per heavy atom. The molecule has 1 aliphatic carbocycles. The third-order valence-corrected chi connectivity index (χ3v) is 6.92. The first-order valence-electron chi connectivity index (χ1n) is 10.1. The van der Waals surface area contributed by atoms with Crippen LogP contribution < -0.4 is 0 Å². The van der Waals surface area contributed by atoms with Crippen LogP contribution in [0.2, 0.25) is 0 Å². The molecule has 0 N–H and O–H groups in total. The zero-order valence-electron chi connectivity index (χ0n) is 16.4. The highest BCUT2D eigenvalue weighted by atomic mass is 32.2. The number of non-ortho nitro benzene ring substituents is 1. The van der Waals surface area contributed by atoms with Gasteiger partial charge in [0, 0.05) is 29.8 Å². The van der Waals surface area contributed by atoms with E-state index in [0.29, 0.717) is 26.1 Å². The maximum atomic E-state index is 13.1. The standard InChI is InChI=1S/C22H22N2O4S2/c25-21-20(30-22(29)23(21)16-8-4-2-1-3-5-9-16)14-19-18(11-12-28-19)15-7-6-10-17(13-15)24(26)27/h6-7,10-14,16H,1-5,8-9H2. The van der Waals surface area contributed by atoms with Gasteiger partial charge in [-0.1, -0.05) is 68.2 Å². The van der Waals surface area contributed by atoms with E-state index < -0.39 is 4.92 Å². The van der Waals surface area contributed by atoms with E-state index in [0.717, 1.165) is 25.7 Å². The summed E-state index contributed by atoms with van der Waals surface area (Å²) in [7, 11) is 0. The first-order chi connectivity index (χ1) is 14.5. The lowest BCUT2D eigenvalue weighted by Crippen LogP contribution is -2.39. The molecule has 1 aromatic heterocycles. The van der Waals surface area contributed by atoms with Gasteiger partial charge in [-0.3, -0.25) is 19.8 Å². The Morgan fingerprint density at radius 2 is 1.90 bits per heavy atom. The highest BCUT2D eigenvalue weighted by molar-refractivity contribution is 8.26. The molecule has 1 amide bonds. The highest BCUT2D eigenvalue weighted by Gasteiger charge is 2.37. The van der Waals surface area contributed by atoms with Gasteiger partial charge in [0.15, 0.2) is 0 Å². The Bertz CT molecular complexity index is 1010. The van der Waals surface area contributed by atoms with E-state index in [9.17, 15) is 14.9 Å². The summed E-state index contributed by atoms with van der Waals surface area (Å²) in [6.07, 6.45) is 11.1.